The molecule has 2 aromatic heterocycles. The highest BCUT2D eigenvalue weighted by Crippen LogP contribution is 2.25. The normalized spacial score (nSPS) is 14.2. The maximum absolute atomic E-state index is 13.0. The van der Waals surface area contributed by atoms with Gasteiger partial charge < -0.3 is 10.2 Å². The highest BCUT2D eigenvalue weighted by atomic mass is 16.2. The van der Waals surface area contributed by atoms with E-state index in [2.05, 4.69) is 16.4 Å². The van der Waals surface area contributed by atoms with Crippen molar-refractivity contribution in [3.63, 3.8) is 0 Å². The number of rotatable bonds is 4. The molecule has 2 N–H and O–H groups in total. The molecule has 1 fully saturated rings. The first kappa shape index (κ1) is 20.6. The summed E-state index contributed by atoms with van der Waals surface area (Å²) in [7, 11) is 1.79. The molecular formula is C24H26N6O. The fraction of sp³-hybridized carbons (Fsp3) is 0.333. The quantitative estimate of drug-likeness (QED) is 0.631. The molecule has 3 aromatic rings. The number of nitriles is 1. The van der Waals surface area contributed by atoms with Crippen LogP contribution in [0, 0.1) is 23.7 Å². The van der Waals surface area contributed by atoms with Crippen molar-refractivity contribution in [1.82, 2.24) is 14.3 Å². The number of benzene rings is 1. The molecule has 1 aliphatic heterocycles. The number of imidazole rings is 1. The number of anilines is 1. The van der Waals surface area contributed by atoms with Crippen LogP contribution in [-0.2, 0) is 0 Å². The fourth-order valence-corrected chi connectivity index (χ4v) is 4.22. The van der Waals surface area contributed by atoms with Crippen molar-refractivity contribution in [2.45, 2.75) is 32.6 Å². The summed E-state index contributed by atoms with van der Waals surface area (Å²) in [5.41, 5.74) is 4.87. The molecule has 1 aromatic carbocycles. The first-order valence-corrected chi connectivity index (χ1v) is 10.6. The van der Waals surface area contributed by atoms with Crippen LogP contribution in [0.1, 0.15) is 58.6 Å². The number of hydrogen-bond acceptors (Lipinski definition) is 5. The van der Waals surface area contributed by atoms with Gasteiger partial charge >= 0.3 is 0 Å². The van der Waals surface area contributed by atoms with Crippen LogP contribution < -0.4 is 5.32 Å². The van der Waals surface area contributed by atoms with Gasteiger partial charge in [0.05, 0.1) is 22.7 Å². The number of aromatic nitrogens is 2. The molecule has 1 aliphatic rings. The first-order chi connectivity index (χ1) is 15.0. The van der Waals surface area contributed by atoms with Gasteiger partial charge in [-0.05, 0) is 50.1 Å². The van der Waals surface area contributed by atoms with Crippen molar-refractivity contribution in [3.05, 3.63) is 64.6 Å². The Morgan fingerprint density at radius 1 is 1.16 bits per heavy atom. The van der Waals surface area contributed by atoms with Crippen molar-refractivity contribution < 1.29 is 4.79 Å². The minimum Gasteiger partial charge on any atom is -0.388 e. The number of carbonyl (C=O) groups excluding carboxylic acids is 1. The summed E-state index contributed by atoms with van der Waals surface area (Å²) in [6, 6.07) is 11.1. The average molecular weight is 415 g/mol. The molecular weight excluding hydrogens is 388 g/mol. The zero-order chi connectivity index (χ0) is 22.0. The monoisotopic (exact) mass is 414 g/mol. The molecule has 0 bridgehead atoms. The van der Waals surface area contributed by atoms with E-state index in [0.717, 1.165) is 31.6 Å². The van der Waals surface area contributed by atoms with Gasteiger partial charge in [0.2, 0.25) is 0 Å². The van der Waals surface area contributed by atoms with Gasteiger partial charge in [-0.2, -0.15) is 5.26 Å². The molecule has 1 amide bonds. The zero-order valence-corrected chi connectivity index (χ0v) is 17.9. The van der Waals surface area contributed by atoms with Gasteiger partial charge in [-0.1, -0.05) is 12.8 Å². The second-order valence-electron chi connectivity index (χ2n) is 7.90. The lowest BCUT2D eigenvalue weighted by Crippen LogP contribution is -2.31. The van der Waals surface area contributed by atoms with E-state index in [1.807, 2.05) is 24.0 Å². The van der Waals surface area contributed by atoms with E-state index in [1.54, 1.807) is 35.8 Å². The van der Waals surface area contributed by atoms with Crippen LogP contribution >= 0.6 is 0 Å². The lowest BCUT2D eigenvalue weighted by atomic mass is 10.0. The van der Waals surface area contributed by atoms with E-state index < -0.39 is 0 Å². The summed E-state index contributed by atoms with van der Waals surface area (Å²) < 4.78 is 1.78. The Kier molecular flexibility index (Phi) is 5.72. The number of hydrogen-bond donors (Lipinski definition) is 2. The van der Waals surface area contributed by atoms with E-state index in [4.69, 9.17) is 5.41 Å². The van der Waals surface area contributed by atoms with Gasteiger partial charge in [-0.3, -0.25) is 14.6 Å². The van der Waals surface area contributed by atoms with Gasteiger partial charge in [-0.15, -0.1) is 0 Å². The molecule has 7 heteroatoms. The van der Waals surface area contributed by atoms with Crippen LogP contribution in [0.4, 0.5) is 5.69 Å². The number of carbonyl (C=O) groups is 1. The molecule has 31 heavy (non-hydrogen) atoms. The molecule has 7 nitrogen and oxygen atoms in total. The van der Waals surface area contributed by atoms with Crippen molar-refractivity contribution in [2.24, 2.45) is 0 Å². The Balaban J connectivity index is 1.71. The molecule has 4 rings (SSSR count). The standard InChI is InChI=1S/C24H26N6O/c1-16-23(30-15-17(14-25)7-10-21(30)28-16)22(26)19-9-8-18(13-20(19)27-2)24(31)29-11-5-3-4-6-12-29/h7-10,13,15,26-27H,3-6,11-12H2,1-2H3. The number of pyridine rings is 1. The van der Waals surface area contributed by atoms with Crippen LogP contribution in [0.5, 0.6) is 0 Å². The highest BCUT2D eigenvalue weighted by Gasteiger charge is 2.21. The molecule has 0 unspecified atom stereocenters. The summed E-state index contributed by atoms with van der Waals surface area (Å²) in [5.74, 6) is 0.0427. The van der Waals surface area contributed by atoms with E-state index >= 15 is 0 Å². The third-order valence-electron chi connectivity index (χ3n) is 5.86. The van der Waals surface area contributed by atoms with E-state index in [-0.39, 0.29) is 5.91 Å². The minimum absolute atomic E-state index is 0.0427. The summed E-state index contributed by atoms with van der Waals surface area (Å²) in [5, 5.41) is 21.3. The SMILES string of the molecule is CNc1cc(C(=O)N2CCCCCC2)ccc1C(=N)c1c(C)nc2ccc(C#N)cn12. The Morgan fingerprint density at radius 3 is 2.58 bits per heavy atom. The number of nitrogens with one attached hydrogen (secondary N) is 2. The van der Waals surface area contributed by atoms with Gasteiger partial charge in [0.15, 0.2) is 0 Å². The molecule has 1 saturated heterocycles. The Hall–Kier alpha value is -3.66. The summed E-state index contributed by atoms with van der Waals surface area (Å²) in [6.07, 6.45) is 6.15. The van der Waals surface area contributed by atoms with Gasteiger partial charge in [0.25, 0.3) is 5.91 Å². The number of amides is 1. The number of fused-ring (bicyclic) bond motifs is 1. The van der Waals surface area contributed by atoms with Crippen LogP contribution in [0.3, 0.4) is 0 Å². The number of nitrogens with zero attached hydrogens (tertiary/aromatic N) is 4. The largest absolute Gasteiger partial charge is 0.388 e. The van der Waals surface area contributed by atoms with Crippen molar-refractivity contribution >= 4 is 23.0 Å². The Morgan fingerprint density at radius 2 is 1.90 bits per heavy atom. The second kappa shape index (κ2) is 8.60. The lowest BCUT2D eigenvalue weighted by Gasteiger charge is -2.21. The van der Waals surface area contributed by atoms with Crippen LogP contribution in [-0.4, -0.2) is 46.0 Å². The summed E-state index contributed by atoms with van der Waals surface area (Å²) >= 11 is 0. The number of aryl methyl sites for hydroxylation is 1. The molecule has 0 saturated carbocycles. The Labute approximate surface area is 181 Å². The molecule has 158 valence electrons. The Bertz CT molecular complexity index is 1190. The third-order valence-corrected chi connectivity index (χ3v) is 5.86. The predicted octanol–water partition coefficient (Wildman–Crippen LogP) is 3.99. The molecule has 0 atom stereocenters. The fourth-order valence-electron chi connectivity index (χ4n) is 4.22. The summed E-state index contributed by atoms with van der Waals surface area (Å²) in [4.78, 5) is 19.5. The number of likely N-dealkylation sites (tertiary alicyclic amines) is 1. The van der Waals surface area contributed by atoms with Crippen LogP contribution in [0.2, 0.25) is 0 Å². The van der Waals surface area contributed by atoms with Crippen LogP contribution in [0.15, 0.2) is 36.5 Å². The van der Waals surface area contributed by atoms with Gasteiger partial charge in [-0.25, -0.2) is 4.98 Å². The zero-order valence-electron chi connectivity index (χ0n) is 17.9. The topological polar surface area (TPSA) is 97.3 Å². The van der Waals surface area contributed by atoms with E-state index in [0.29, 0.717) is 39.4 Å². The predicted molar refractivity (Wildman–Crippen MR) is 121 cm³/mol. The molecule has 3 heterocycles. The lowest BCUT2D eigenvalue weighted by molar-refractivity contribution is 0.0761. The van der Waals surface area contributed by atoms with Crippen molar-refractivity contribution in [1.29, 1.82) is 10.7 Å². The highest BCUT2D eigenvalue weighted by molar-refractivity contribution is 6.14. The first-order valence-electron chi connectivity index (χ1n) is 10.6. The average Bonchev–Trinajstić information content (AvgIpc) is 2.95. The van der Waals surface area contributed by atoms with E-state index in [1.165, 1.54) is 12.8 Å². The van der Waals surface area contributed by atoms with Gasteiger partial charge in [0.1, 0.15) is 11.7 Å². The molecule has 0 spiro atoms. The summed E-state index contributed by atoms with van der Waals surface area (Å²) in [6.45, 7) is 3.46. The van der Waals surface area contributed by atoms with Crippen molar-refractivity contribution in [3.8, 4) is 6.07 Å². The maximum atomic E-state index is 13.0. The smallest absolute Gasteiger partial charge is 0.253 e. The second-order valence-corrected chi connectivity index (χ2v) is 7.90. The minimum atomic E-state index is 0.0427. The van der Waals surface area contributed by atoms with Gasteiger partial charge in [0, 0.05) is 43.1 Å². The molecule has 0 radical (unpaired) electrons. The third kappa shape index (κ3) is 3.89. The van der Waals surface area contributed by atoms with E-state index in [9.17, 15) is 10.1 Å². The molecule has 0 aliphatic carbocycles. The maximum Gasteiger partial charge on any atom is 0.253 e. The van der Waals surface area contributed by atoms with Crippen LogP contribution in [0.25, 0.3) is 5.65 Å². The van der Waals surface area contributed by atoms with Crippen molar-refractivity contribution in [2.75, 3.05) is 25.5 Å².